The number of rotatable bonds is 4. The van der Waals surface area contributed by atoms with E-state index < -0.39 is 10.0 Å². The van der Waals surface area contributed by atoms with Crippen molar-refractivity contribution in [1.82, 2.24) is 9.21 Å². The van der Waals surface area contributed by atoms with Crippen LogP contribution in [0.25, 0.3) is 0 Å². The van der Waals surface area contributed by atoms with Crippen molar-refractivity contribution in [3.63, 3.8) is 0 Å². The molecule has 0 aromatic carbocycles. The standard InChI is InChI=1S/C10H19N3O3S2/c11-10(17)8-18(14,15)13-2-1-9(7-13)12-3-5-16-6-4-12/h9H,1-8H2,(H2,11,17). The first kappa shape index (κ1) is 14.1. The second kappa shape index (κ2) is 5.79. The molecule has 2 rings (SSSR count). The lowest BCUT2D eigenvalue weighted by atomic mass is 10.2. The monoisotopic (exact) mass is 293 g/mol. The predicted octanol–water partition coefficient (Wildman–Crippen LogP) is -0.991. The molecule has 0 aromatic heterocycles. The number of nitrogens with two attached hydrogens (primary N) is 1. The number of thiocarbonyl (C=S) groups is 1. The minimum absolute atomic E-state index is 0.0322. The maximum atomic E-state index is 12.0. The highest BCUT2D eigenvalue weighted by Crippen LogP contribution is 2.19. The van der Waals surface area contributed by atoms with Crippen molar-refractivity contribution in [2.75, 3.05) is 45.1 Å². The summed E-state index contributed by atoms with van der Waals surface area (Å²) in [6, 6.07) is 0.301. The number of hydrogen-bond donors (Lipinski definition) is 1. The number of nitrogens with zero attached hydrogens (tertiary/aromatic N) is 2. The fourth-order valence-electron chi connectivity index (χ4n) is 2.48. The summed E-state index contributed by atoms with van der Waals surface area (Å²) in [7, 11) is -3.32. The van der Waals surface area contributed by atoms with Gasteiger partial charge < -0.3 is 10.5 Å². The van der Waals surface area contributed by atoms with Crippen LogP contribution in [0.15, 0.2) is 0 Å². The Balaban J connectivity index is 1.93. The number of morpholine rings is 1. The summed E-state index contributed by atoms with van der Waals surface area (Å²) in [4.78, 5) is 2.34. The van der Waals surface area contributed by atoms with E-state index in [-0.39, 0.29) is 10.7 Å². The SMILES string of the molecule is NC(=S)CS(=O)(=O)N1CCC(N2CCOCC2)C1. The van der Waals surface area contributed by atoms with Gasteiger partial charge in [0.1, 0.15) is 5.75 Å². The summed E-state index contributed by atoms with van der Waals surface area (Å²) in [6.45, 7) is 4.34. The van der Waals surface area contributed by atoms with Crippen molar-refractivity contribution >= 4 is 27.2 Å². The molecule has 2 aliphatic rings. The van der Waals surface area contributed by atoms with Crippen LogP contribution in [-0.2, 0) is 14.8 Å². The average molecular weight is 293 g/mol. The molecule has 0 aromatic rings. The van der Waals surface area contributed by atoms with Crippen LogP contribution in [0.1, 0.15) is 6.42 Å². The van der Waals surface area contributed by atoms with Gasteiger partial charge in [0.25, 0.3) is 0 Å². The molecule has 0 bridgehead atoms. The number of hydrogen-bond acceptors (Lipinski definition) is 5. The van der Waals surface area contributed by atoms with Gasteiger partial charge in [0.05, 0.1) is 18.2 Å². The first-order valence-corrected chi connectivity index (χ1v) is 8.09. The van der Waals surface area contributed by atoms with Crippen LogP contribution < -0.4 is 5.73 Å². The summed E-state index contributed by atoms with van der Waals surface area (Å²) in [5, 5.41) is 0. The lowest BCUT2D eigenvalue weighted by Crippen LogP contribution is -2.45. The van der Waals surface area contributed by atoms with E-state index in [0.717, 1.165) is 32.7 Å². The highest BCUT2D eigenvalue weighted by atomic mass is 32.2. The Morgan fingerprint density at radius 1 is 1.33 bits per heavy atom. The van der Waals surface area contributed by atoms with Crippen molar-refractivity contribution in [2.45, 2.75) is 12.5 Å². The van der Waals surface area contributed by atoms with Gasteiger partial charge in [-0.25, -0.2) is 8.42 Å². The topological polar surface area (TPSA) is 75.9 Å². The molecule has 2 aliphatic heterocycles. The zero-order valence-corrected chi connectivity index (χ0v) is 11.9. The van der Waals surface area contributed by atoms with Crippen LogP contribution >= 0.6 is 12.2 Å². The molecule has 6 nitrogen and oxygen atoms in total. The van der Waals surface area contributed by atoms with E-state index in [1.165, 1.54) is 4.31 Å². The van der Waals surface area contributed by atoms with Gasteiger partial charge >= 0.3 is 0 Å². The van der Waals surface area contributed by atoms with Crippen LogP contribution in [0.3, 0.4) is 0 Å². The molecule has 104 valence electrons. The molecule has 2 saturated heterocycles. The summed E-state index contributed by atoms with van der Waals surface area (Å²) in [6.07, 6.45) is 0.872. The molecule has 0 spiro atoms. The van der Waals surface area contributed by atoms with E-state index in [4.69, 9.17) is 10.5 Å². The average Bonchev–Trinajstić information content (AvgIpc) is 2.78. The van der Waals surface area contributed by atoms with Gasteiger partial charge in [0, 0.05) is 32.2 Å². The van der Waals surface area contributed by atoms with Crippen LogP contribution in [0.4, 0.5) is 0 Å². The van der Waals surface area contributed by atoms with Crippen LogP contribution in [-0.4, -0.2) is 73.8 Å². The number of sulfonamides is 1. The Labute approximate surface area is 113 Å². The van der Waals surface area contributed by atoms with Gasteiger partial charge in [-0.15, -0.1) is 0 Å². The summed E-state index contributed by atoms with van der Waals surface area (Å²) >= 11 is 4.68. The van der Waals surface area contributed by atoms with Crippen LogP contribution in [0.5, 0.6) is 0 Å². The molecule has 18 heavy (non-hydrogen) atoms. The zero-order valence-electron chi connectivity index (χ0n) is 10.2. The maximum Gasteiger partial charge on any atom is 0.220 e. The summed E-state index contributed by atoms with van der Waals surface area (Å²) in [5.74, 6) is -0.224. The lowest BCUT2D eigenvalue weighted by molar-refractivity contribution is 0.0197. The Morgan fingerprint density at radius 2 is 2.00 bits per heavy atom. The molecule has 0 aliphatic carbocycles. The van der Waals surface area contributed by atoms with Crippen molar-refractivity contribution in [3.8, 4) is 0 Å². The maximum absolute atomic E-state index is 12.0. The van der Waals surface area contributed by atoms with Crippen LogP contribution in [0, 0.1) is 0 Å². The molecular formula is C10H19N3O3S2. The molecular weight excluding hydrogens is 274 g/mol. The van der Waals surface area contributed by atoms with E-state index in [1.807, 2.05) is 0 Å². The van der Waals surface area contributed by atoms with E-state index in [9.17, 15) is 8.42 Å². The third kappa shape index (κ3) is 3.39. The third-order valence-electron chi connectivity index (χ3n) is 3.41. The first-order chi connectivity index (χ1) is 8.49. The van der Waals surface area contributed by atoms with Gasteiger partial charge in [-0.05, 0) is 6.42 Å². The normalized spacial score (nSPS) is 27.4. The Hall–Kier alpha value is -0.280. The van der Waals surface area contributed by atoms with Crippen molar-refractivity contribution in [3.05, 3.63) is 0 Å². The van der Waals surface area contributed by atoms with E-state index in [1.54, 1.807) is 0 Å². The smallest absolute Gasteiger partial charge is 0.220 e. The molecule has 1 atom stereocenters. The summed E-state index contributed by atoms with van der Waals surface area (Å²) in [5.41, 5.74) is 5.32. The summed E-state index contributed by atoms with van der Waals surface area (Å²) < 4.78 is 30.8. The van der Waals surface area contributed by atoms with E-state index >= 15 is 0 Å². The van der Waals surface area contributed by atoms with Crippen molar-refractivity contribution < 1.29 is 13.2 Å². The van der Waals surface area contributed by atoms with Gasteiger partial charge in [-0.3, -0.25) is 4.90 Å². The molecule has 2 heterocycles. The highest BCUT2D eigenvalue weighted by molar-refractivity contribution is 7.92. The molecule has 2 fully saturated rings. The van der Waals surface area contributed by atoms with E-state index in [2.05, 4.69) is 17.1 Å². The first-order valence-electron chi connectivity index (χ1n) is 6.07. The molecule has 2 N–H and O–H groups in total. The molecule has 0 amide bonds. The molecule has 1 unspecified atom stereocenters. The fraction of sp³-hybridized carbons (Fsp3) is 0.900. The van der Waals surface area contributed by atoms with Gasteiger partial charge in [-0.2, -0.15) is 4.31 Å². The van der Waals surface area contributed by atoms with Gasteiger partial charge in [0.2, 0.25) is 10.0 Å². The second-order valence-electron chi connectivity index (χ2n) is 4.67. The highest BCUT2D eigenvalue weighted by Gasteiger charge is 2.34. The van der Waals surface area contributed by atoms with E-state index in [0.29, 0.717) is 19.1 Å². The zero-order chi connectivity index (χ0) is 13.2. The van der Waals surface area contributed by atoms with Crippen molar-refractivity contribution in [1.29, 1.82) is 0 Å². The molecule has 8 heteroatoms. The molecule has 0 saturated carbocycles. The molecule has 0 radical (unpaired) electrons. The Kier molecular flexibility index (Phi) is 4.54. The van der Waals surface area contributed by atoms with Crippen molar-refractivity contribution in [2.24, 2.45) is 5.73 Å². The van der Waals surface area contributed by atoms with Gasteiger partial charge in [-0.1, -0.05) is 12.2 Å². The fourth-order valence-corrected chi connectivity index (χ4v) is 4.25. The third-order valence-corrected chi connectivity index (χ3v) is 5.53. The minimum Gasteiger partial charge on any atom is -0.392 e. The Morgan fingerprint density at radius 3 is 2.61 bits per heavy atom. The minimum atomic E-state index is -3.32. The van der Waals surface area contributed by atoms with Gasteiger partial charge in [0.15, 0.2) is 0 Å². The second-order valence-corrected chi connectivity index (χ2v) is 7.16. The largest absolute Gasteiger partial charge is 0.392 e. The number of ether oxygens (including phenoxy) is 1. The Bertz CT molecular complexity index is 407. The quantitative estimate of drug-likeness (QED) is 0.671. The van der Waals surface area contributed by atoms with Crippen LogP contribution in [0.2, 0.25) is 0 Å². The lowest BCUT2D eigenvalue weighted by Gasteiger charge is -2.32. The predicted molar refractivity (Wildman–Crippen MR) is 72.9 cm³/mol.